The van der Waals surface area contributed by atoms with Crippen molar-refractivity contribution >= 4 is 23.6 Å². The summed E-state index contributed by atoms with van der Waals surface area (Å²) in [4.78, 5) is 25.9. The van der Waals surface area contributed by atoms with Gasteiger partial charge in [-0.1, -0.05) is 18.2 Å². The number of rotatable bonds is 7. The minimum Gasteiger partial charge on any atom is -0.480 e. The molecule has 0 saturated carbocycles. The van der Waals surface area contributed by atoms with E-state index in [1.54, 1.807) is 32.5 Å². The van der Waals surface area contributed by atoms with Crippen LogP contribution in [-0.2, 0) is 9.59 Å². The van der Waals surface area contributed by atoms with Gasteiger partial charge in [0, 0.05) is 23.6 Å². The van der Waals surface area contributed by atoms with Crippen LogP contribution in [0.5, 0.6) is 0 Å². The maximum absolute atomic E-state index is 12.2. The Balaban J connectivity index is 2.54. The predicted molar refractivity (Wildman–Crippen MR) is 80.9 cm³/mol. The molecular weight excluding hydrogens is 274 g/mol. The summed E-state index contributed by atoms with van der Waals surface area (Å²) in [5.74, 6) is -0.457. The number of thioether (sulfide) groups is 1. The Labute approximate surface area is 124 Å². The van der Waals surface area contributed by atoms with Gasteiger partial charge in [0.15, 0.2) is 0 Å². The zero-order valence-electron chi connectivity index (χ0n) is 12.1. The molecule has 0 aliphatic heterocycles. The third kappa shape index (κ3) is 4.27. The fourth-order valence-electron chi connectivity index (χ4n) is 1.91. The molecule has 0 saturated heterocycles. The number of aliphatic carboxylic acids is 1. The van der Waals surface area contributed by atoms with E-state index in [1.807, 2.05) is 30.3 Å². The van der Waals surface area contributed by atoms with E-state index in [0.29, 0.717) is 18.7 Å². The Bertz CT molecular complexity index is 459. The maximum Gasteiger partial charge on any atom is 0.329 e. The van der Waals surface area contributed by atoms with Crippen LogP contribution in [0.15, 0.2) is 35.2 Å². The largest absolute Gasteiger partial charge is 0.480 e. The molecule has 0 radical (unpaired) electrons. The van der Waals surface area contributed by atoms with Crippen LogP contribution >= 0.6 is 11.8 Å². The van der Waals surface area contributed by atoms with Crippen molar-refractivity contribution in [1.29, 1.82) is 0 Å². The lowest BCUT2D eigenvalue weighted by molar-refractivity contribution is -0.156. The fourth-order valence-corrected chi connectivity index (χ4v) is 2.77. The molecule has 1 amide bonds. The number of carboxylic acid groups (broad SMARTS) is 1. The molecule has 0 aliphatic carbocycles. The first kappa shape index (κ1) is 16.6. The molecule has 0 spiro atoms. The lowest BCUT2D eigenvalue weighted by Gasteiger charge is -2.34. The second-order valence-electron chi connectivity index (χ2n) is 4.91. The summed E-state index contributed by atoms with van der Waals surface area (Å²) >= 11 is 1.60. The van der Waals surface area contributed by atoms with Crippen molar-refractivity contribution < 1.29 is 14.7 Å². The van der Waals surface area contributed by atoms with Gasteiger partial charge in [0.1, 0.15) is 5.54 Å². The first-order chi connectivity index (χ1) is 9.39. The van der Waals surface area contributed by atoms with Crippen LogP contribution in [0.1, 0.15) is 27.2 Å². The van der Waals surface area contributed by atoms with E-state index in [2.05, 4.69) is 0 Å². The van der Waals surface area contributed by atoms with Crippen LogP contribution in [0.4, 0.5) is 0 Å². The highest BCUT2D eigenvalue weighted by Gasteiger charge is 2.36. The van der Waals surface area contributed by atoms with Gasteiger partial charge in [-0.05, 0) is 32.9 Å². The van der Waals surface area contributed by atoms with E-state index in [-0.39, 0.29) is 5.91 Å². The summed E-state index contributed by atoms with van der Waals surface area (Å²) in [5.41, 5.74) is -1.16. The number of benzene rings is 1. The van der Waals surface area contributed by atoms with Crippen molar-refractivity contribution in [2.75, 3.05) is 12.3 Å². The molecule has 1 aromatic rings. The van der Waals surface area contributed by atoms with E-state index in [1.165, 1.54) is 4.90 Å². The number of carbonyl (C=O) groups is 2. The van der Waals surface area contributed by atoms with Gasteiger partial charge in [-0.25, -0.2) is 4.79 Å². The van der Waals surface area contributed by atoms with Crippen molar-refractivity contribution in [3.05, 3.63) is 30.3 Å². The van der Waals surface area contributed by atoms with Crippen molar-refractivity contribution in [1.82, 2.24) is 4.90 Å². The van der Waals surface area contributed by atoms with Crippen molar-refractivity contribution in [2.24, 2.45) is 0 Å². The van der Waals surface area contributed by atoms with Crippen molar-refractivity contribution in [2.45, 2.75) is 37.6 Å². The summed E-state index contributed by atoms with van der Waals surface area (Å²) in [6.07, 6.45) is 0.337. The second kappa shape index (κ2) is 7.33. The molecule has 110 valence electrons. The molecule has 0 unspecified atom stereocenters. The number of hydrogen-bond donors (Lipinski definition) is 1. The third-order valence-electron chi connectivity index (χ3n) is 3.14. The summed E-state index contributed by atoms with van der Waals surface area (Å²) in [6.45, 7) is 5.31. The maximum atomic E-state index is 12.2. The molecule has 0 atom stereocenters. The SMILES string of the molecule is CCN(C(=O)CCSc1ccccc1)C(C)(C)C(=O)O. The second-order valence-corrected chi connectivity index (χ2v) is 6.08. The fraction of sp³-hybridized carbons (Fsp3) is 0.467. The van der Waals surface area contributed by atoms with Crippen LogP contribution < -0.4 is 0 Å². The molecule has 20 heavy (non-hydrogen) atoms. The minimum absolute atomic E-state index is 0.122. The molecule has 0 aromatic heterocycles. The molecule has 1 aromatic carbocycles. The highest BCUT2D eigenvalue weighted by Crippen LogP contribution is 2.20. The normalized spacial score (nSPS) is 11.2. The van der Waals surface area contributed by atoms with E-state index in [4.69, 9.17) is 0 Å². The number of carboxylic acids is 1. The number of hydrogen-bond acceptors (Lipinski definition) is 3. The van der Waals surface area contributed by atoms with Crippen LogP contribution in [0.3, 0.4) is 0 Å². The topological polar surface area (TPSA) is 57.6 Å². The molecule has 0 bridgehead atoms. The van der Waals surface area contributed by atoms with Crippen LogP contribution in [0.2, 0.25) is 0 Å². The quantitative estimate of drug-likeness (QED) is 0.786. The van der Waals surface area contributed by atoms with Gasteiger partial charge in [-0.2, -0.15) is 0 Å². The standard InChI is InChI=1S/C15H21NO3S/c1-4-16(15(2,3)14(18)19)13(17)10-11-20-12-8-6-5-7-9-12/h5-9H,4,10-11H2,1-3H3,(H,18,19). The Hall–Kier alpha value is -1.49. The average molecular weight is 295 g/mol. The van der Waals surface area contributed by atoms with Crippen LogP contribution in [0, 0.1) is 0 Å². The molecule has 0 aliphatic rings. The molecule has 1 rings (SSSR count). The minimum atomic E-state index is -1.16. The molecule has 4 nitrogen and oxygen atoms in total. The Morgan fingerprint density at radius 1 is 1.25 bits per heavy atom. The zero-order valence-corrected chi connectivity index (χ0v) is 12.9. The lowest BCUT2D eigenvalue weighted by atomic mass is 10.0. The lowest BCUT2D eigenvalue weighted by Crippen LogP contribution is -2.53. The summed E-state index contributed by atoms with van der Waals surface area (Å²) < 4.78 is 0. The van der Waals surface area contributed by atoms with Gasteiger partial charge < -0.3 is 10.0 Å². The highest BCUT2D eigenvalue weighted by atomic mass is 32.2. The molecule has 0 heterocycles. The first-order valence-electron chi connectivity index (χ1n) is 6.61. The Morgan fingerprint density at radius 3 is 2.35 bits per heavy atom. The van der Waals surface area contributed by atoms with E-state index in [9.17, 15) is 14.7 Å². The van der Waals surface area contributed by atoms with Crippen LogP contribution in [-0.4, -0.2) is 39.7 Å². The van der Waals surface area contributed by atoms with E-state index in [0.717, 1.165) is 4.90 Å². The summed E-state index contributed by atoms with van der Waals surface area (Å²) in [7, 11) is 0. The van der Waals surface area contributed by atoms with Gasteiger partial charge in [0.2, 0.25) is 5.91 Å². The molecule has 5 heteroatoms. The molecule has 0 fully saturated rings. The third-order valence-corrected chi connectivity index (χ3v) is 4.16. The Kier molecular flexibility index (Phi) is 6.07. The van der Waals surface area contributed by atoms with Gasteiger partial charge >= 0.3 is 5.97 Å². The van der Waals surface area contributed by atoms with Gasteiger partial charge in [0.25, 0.3) is 0 Å². The van der Waals surface area contributed by atoms with Crippen molar-refractivity contribution in [3.8, 4) is 0 Å². The number of nitrogens with zero attached hydrogens (tertiary/aromatic N) is 1. The smallest absolute Gasteiger partial charge is 0.329 e. The summed E-state index contributed by atoms with van der Waals surface area (Å²) in [6, 6.07) is 9.84. The molecule has 1 N–H and O–H groups in total. The molecular formula is C15H21NO3S. The highest BCUT2D eigenvalue weighted by molar-refractivity contribution is 7.99. The van der Waals surface area contributed by atoms with E-state index < -0.39 is 11.5 Å². The van der Waals surface area contributed by atoms with Gasteiger partial charge in [-0.15, -0.1) is 11.8 Å². The van der Waals surface area contributed by atoms with Gasteiger partial charge in [0.05, 0.1) is 0 Å². The summed E-state index contributed by atoms with van der Waals surface area (Å²) in [5, 5.41) is 9.20. The average Bonchev–Trinajstić information content (AvgIpc) is 2.40. The number of amides is 1. The monoisotopic (exact) mass is 295 g/mol. The predicted octanol–water partition coefficient (Wildman–Crippen LogP) is 2.88. The van der Waals surface area contributed by atoms with E-state index >= 15 is 0 Å². The van der Waals surface area contributed by atoms with Gasteiger partial charge in [-0.3, -0.25) is 4.79 Å². The zero-order chi connectivity index (χ0) is 15.2. The first-order valence-corrected chi connectivity index (χ1v) is 7.60. The number of carbonyl (C=O) groups excluding carboxylic acids is 1. The van der Waals surface area contributed by atoms with Crippen molar-refractivity contribution in [3.63, 3.8) is 0 Å². The van der Waals surface area contributed by atoms with Crippen LogP contribution in [0.25, 0.3) is 0 Å². The Morgan fingerprint density at radius 2 is 1.85 bits per heavy atom. The number of likely N-dealkylation sites (N-methyl/N-ethyl adjacent to an activating group) is 1.